The van der Waals surface area contributed by atoms with Crippen molar-refractivity contribution in [1.82, 2.24) is 20.5 Å². The van der Waals surface area contributed by atoms with E-state index in [9.17, 15) is 24.3 Å². The number of Topliss-reactive ketones (excluding diaryl/α,β-unsaturated/α-hetero) is 1. The zero-order valence-corrected chi connectivity index (χ0v) is 40.7. The number of aromatic nitrogens is 1. The van der Waals surface area contributed by atoms with Crippen molar-refractivity contribution in [3.63, 3.8) is 0 Å². The van der Waals surface area contributed by atoms with Crippen LogP contribution in [0.3, 0.4) is 0 Å². The minimum atomic E-state index is -0.928. The van der Waals surface area contributed by atoms with Gasteiger partial charge in [0.15, 0.2) is 11.9 Å². The zero-order chi connectivity index (χ0) is 47.2. The van der Waals surface area contributed by atoms with Crippen molar-refractivity contribution < 1.29 is 57.7 Å². The summed E-state index contributed by atoms with van der Waals surface area (Å²) in [5, 5.41) is 16.3. The highest BCUT2D eigenvalue weighted by atomic mass is 32.1. The number of aliphatic hydroxyl groups excluding tert-OH is 1. The Balaban J connectivity index is 0.743. The van der Waals surface area contributed by atoms with E-state index in [1.165, 1.54) is 4.90 Å². The molecular weight excluding hydrogens is 869 g/mol. The number of carbonyl (C=O) groups is 4. The van der Waals surface area contributed by atoms with E-state index in [-0.39, 0.29) is 74.7 Å². The molecule has 366 valence electrons. The molecule has 3 N–H and O–H groups in total. The number of aryl methyl sites for hydroxylation is 1. The number of likely N-dealkylation sites (tertiary alicyclic amines) is 1. The predicted molar refractivity (Wildman–Crippen MR) is 244 cm³/mol. The first-order chi connectivity index (χ1) is 31.5. The summed E-state index contributed by atoms with van der Waals surface area (Å²) in [7, 11) is 0. The van der Waals surface area contributed by atoms with E-state index in [1.54, 1.807) is 11.3 Å². The molecule has 17 heteroatoms. The smallest absolute Gasteiger partial charge is 0.246 e. The second-order valence-electron chi connectivity index (χ2n) is 20.3. The average Bonchev–Trinajstić information content (AvgIpc) is 3.82. The van der Waals surface area contributed by atoms with Crippen LogP contribution in [0.15, 0.2) is 29.8 Å². The molecule has 0 unspecified atom stereocenters. The summed E-state index contributed by atoms with van der Waals surface area (Å²) >= 11 is 1.57. The van der Waals surface area contributed by atoms with Crippen LogP contribution in [-0.2, 0) is 59.2 Å². The number of thiazole rings is 1. The highest BCUT2D eigenvalue weighted by molar-refractivity contribution is 7.13. The van der Waals surface area contributed by atoms with E-state index >= 15 is 0 Å². The monoisotopic (exact) mass is 940 g/mol. The Morgan fingerprint density at radius 3 is 2.36 bits per heavy atom. The van der Waals surface area contributed by atoms with Gasteiger partial charge in [-0.1, -0.05) is 58.9 Å². The lowest BCUT2D eigenvalue weighted by Crippen LogP contribution is -2.70. The minimum Gasteiger partial charge on any atom is -0.391 e. The van der Waals surface area contributed by atoms with E-state index in [0.717, 1.165) is 47.4 Å². The lowest BCUT2D eigenvalue weighted by Gasteiger charge is -2.60. The molecule has 6 heterocycles. The van der Waals surface area contributed by atoms with Crippen molar-refractivity contribution in [3.05, 3.63) is 41.0 Å². The number of nitrogens with one attached hydrogen (secondary N) is 2. The van der Waals surface area contributed by atoms with Crippen molar-refractivity contribution in [3.8, 4) is 10.4 Å². The molecule has 1 aromatic carbocycles. The standard InChI is InChI=1S/C49H72N4O12S/c1-30-10-15-38-31(2)40(62-46-49(38)37(30)16-18-48(7,63-46)64-65-49)26-35(54)9-8-19-59-21-23-61-24-22-60-20-17-41(56)52-43(47(4,5)6)45(58)53-28-36(55)25-39(53)44(57)50-27-33-11-13-34(14-12-33)42-32(3)51-29-66-42/h11-14,29-31,36-40,43,46,55H,8-10,15-28H2,1-7H3,(H,50,57)(H,52,56)/t30-,31-,36-,37+,38+,39+,40-,43-,46-,48-,49-/m1/s1. The maximum atomic E-state index is 14.0. The summed E-state index contributed by atoms with van der Waals surface area (Å²) in [6.45, 7) is 16.0. The Hall–Kier alpha value is -3.39. The zero-order valence-electron chi connectivity index (χ0n) is 39.8. The molecular formula is C49H72N4O12S. The number of carbonyl (C=O) groups excluding carboxylic acids is 4. The molecule has 1 saturated carbocycles. The number of amides is 3. The van der Waals surface area contributed by atoms with Crippen LogP contribution in [0.2, 0.25) is 0 Å². The van der Waals surface area contributed by atoms with Gasteiger partial charge in [0.25, 0.3) is 0 Å². The molecule has 6 fully saturated rings. The Bertz CT molecular complexity index is 1980. The number of ketones is 1. The number of hydrogen-bond acceptors (Lipinski definition) is 14. The second-order valence-corrected chi connectivity index (χ2v) is 21.2. The lowest BCUT2D eigenvalue weighted by atomic mass is 9.57. The van der Waals surface area contributed by atoms with Crippen molar-refractivity contribution in [2.24, 2.45) is 29.1 Å². The first kappa shape index (κ1) is 50.5. The van der Waals surface area contributed by atoms with Crippen molar-refractivity contribution in [2.75, 3.05) is 46.2 Å². The number of nitrogens with zero attached hydrogens (tertiary/aromatic N) is 2. The van der Waals surface area contributed by atoms with Gasteiger partial charge in [0, 0.05) is 57.7 Å². The Morgan fingerprint density at radius 1 is 0.955 bits per heavy atom. The fourth-order valence-electron chi connectivity index (χ4n) is 10.6. The molecule has 5 aliphatic heterocycles. The Kier molecular flexibility index (Phi) is 16.8. The van der Waals surface area contributed by atoms with Gasteiger partial charge >= 0.3 is 0 Å². The highest BCUT2D eigenvalue weighted by Crippen LogP contribution is 2.60. The van der Waals surface area contributed by atoms with Crippen LogP contribution >= 0.6 is 11.3 Å². The second kappa shape index (κ2) is 21.9. The average molecular weight is 941 g/mol. The summed E-state index contributed by atoms with van der Waals surface area (Å²) in [4.78, 5) is 72.5. The molecule has 1 aliphatic carbocycles. The van der Waals surface area contributed by atoms with Crippen LogP contribution in [-0.4, -0.2) is 127 Å². The molecule has 1 spiro atoms. The molecule has 2 bridgehead atoms. The van der Waals surface area contributed by atoms with E-state index in [2.05, 4.69) is 29.5 Å². The third-order valence-corrected chi connectivity index (χ3v) is 15.4. The van der Waals surface area contributed by atoms with Crippen molar-refractivity contribution in [1.29, 1.82) is 0 Å². The van der Waals surface area contributed by atoms with E-state index < -0.39 is 47.2 Å². The quantitative estimate of drug-likeness (QED) is 0.103. The first-order valence-electron chi connectivity index (χ1n) is 24.0. The number of benzene rings is 1. The molecule has 1 aromatic heterocycles. The topological polar surface area (TPSA) is 193 Å². The molecule has 5 saturated heterocycles. The molecule has 2 aromatic rings. The normalized spacial score (nSPS) is 30.9. The molecule has 6 aliphatic rings. The SMILES string of the molecule is Cc1ncsc1-c1ccc(CNC(=O)[C@@H]2C[C@@H](O)CN2C(=O)[C@@H](NC(=O)CCOCCOCCOCCCC(=O)C[C@H]2O[C@@H]3O[C@@]4(C)CC[C@H]5[C@H](C)CC[C@@H]([C@H]2C)[C@@]35OO4)C(C)(C)C)cc1. The molecule has 66 heavy (non-hydrogen) atoms. The van der Waals surface area contributed by atoms with Crippen LogP contribution in [0.5, 0.6) is 0 Å². The van der Waals surface area contributed by atoms with E-state index in [0.29, 0.717) is 57.5 Å². The Morgan fingerprint density at radius 2 is 1.67 bits per heavy atom. The largest absolute Gasteiger partial charge is 0.391 e. The van der Waals surface area contributed by atoms with Crippen LogP contribution in [0.1, 0.15) is 111 Å². The van der Waals surface area contributed by atoms with Gasteiger partial charge in [-0.25, -0.2) is 14.8 Å². The van der Waals surface area contributed by atoms with E-state index in [4.69, 9.17) is 33.5 Å². The summed E-state index contributed by atoms with van der Waals surface area (Å²) in [6, 6.07) is 6.08. The van der Waals surface area contributed by atoms with Crippen molar-refractivity contribution in [2.45, 2.75) is 155 Å². The number of hydrogen-bond donors (Lipinski definition) is 3. The number of β-amino-alcohol motifs (C(OH)–C–C–N with tert-alkyl or cyclic N) is 1. The maximum absolute atomic E-state index is 14.0. The summed E-state index contributed by atoms with van der Waals surface area (Å²) in [6.07, 6.45) is 3.69. The van der Waals surface area contributed by atoms with Gasteiger partial charge < -0.3 is 44.3 Å². The predicted octanol–water partition coefficient (Wildman–Crippen LogP) is 5.66. The summed E-state index contributed by atoms with van der Waals surface area (Å²) < 4.78 is 30.0. The third-order valence-electron chi connectivity index (χ3n) is 14.4. The molecule has 8 rings (SSSR count). The molecule has 11 atom stereocenters. The molecule has 3 amide bonds. The maximum Gasteiger partial charge on any atom is 0.246 e. The lowest BCUT2D eigenvalue weighted by molar-refractivity contribution is -0.570. The highest BCUT2D eigenvalue weighted by Gasteiger charge is 2.69. The summed E-state index contributed by atoms with van der Waals surface area (Å²) in [5.74, 6) is -0.721. The molecule has 16 nitrogen and oxygen atoms in total. The van der Waals surface area contributed by atoms with Gasteiger partial charge in [0.2, 0.25) is 23.5 Å². The van der Waals surface area contributed by atoms with Crippen LogP contribution in [0.25, 0.3) is 10.4 Å². The number of ether oxygens (including phenoxy) is 5. The fourth-order valence-corrected chi connectivity index (χ4v) is 11.4. The van der Waals surface area contributed by atoms with Gasteiger partial charge in [-0.05, 0) is 73.8 Å². The van der Waals surface area contributed by atoms with Gasteiger partial charge in [-0.15, -0.1) is 11.3 Å². The Labute approximate surface area is 393 Å². The fraction of sp³-hybridized carbons (Fsp3) is 0.735. The van der Waals surface area contributed by atoms with Crippen LogP contribution in [0.4, 0.5) is 0 Å². The van der Waals surface area contributed by atoms with Gasteiger partial charge in [0.05, 0.1) is 61.3 Å². The van der Waals surface area contributed by atoms with Crippen molar-refractivity contribution >= 4 is 34.8 Å². The van der Waals surface area contributed by atoms with E-state index in [1.807, 2.05) is 64.4 Å². The number of aliphatic hydroxyl groups is 1. The van der Waals surface area contributed by atoms with Gasteiger partial charge in [-0.2, -0.15) is 0 Å². The number of rotatable bonds is 21. The molecule has 0 radical (unpaired) electrons. The van der Waals surface area contributed by atoms with Gasteiger partial charge in [0.1, 0.15) is 17.9 Å². The third kappa shape index (κ3) is 11.7. The van der Waals surface area contributed by atoms with Crippen LogP contribution in [0, 0.1) is 36.0 Å². The summed E-state index contributed by atoms with van der Waals surface area (Å²) in [5.41, 5.74) is 3.43. The van der Waals surface area contributed by atoms with Crippen LogP contribution < -0.4 is 10.6 Å². The first-order valence-corrected chi connectivity index (χ1v) is 24.9. The number of fused-ring (bicyclic) bond motifs is 2. The minimum absolute atomic E-state index is 0.00342. The van der Waals surface area contributed by atoms with Gasteiger partial charge in [-0.3, -0.25) is 19.2 Å².